The molecule has 3 rings (SSSR count). The second kappa shape index (κ2) is 7.90. The van der Waals surface area contributed by atoms with Gasteiger partial charge in [0.25, 0.3) is 5.91 Å². The summed E-state index contributed by atoms with van der Waals surface area (Å²) in [5, 5.41) is 16.3. The molecule has 0 saturated carbocycles. The zero-order chi connectivity index (χ0) is 19.6. The first-order valence-corrected chi connectivity index (χ1v) is 9.30. The number of hydrogen-bond donors (Lipinski definition) is 2. The van der Waals surface area contributed by atoms with Crippen molar-refractivity contribution in [1.29, 1.82) is 0 Å². The minimum atomic E-state index is -0.922. The van der Waals surface area contributed by atoms with Crippen LogP contribution in [0, 0.1) is 18.7 Å². The largest absolute Gasteiger partial charge is 0.481 e. The number of carbonyl (C=O) groups excluding carboxylic acids is 1. The van der Waals surface area contributed by atoms with Gasteiger partial charge in [-0.15, -0.1) is 0 Å². The van der Waals surface area contributed by atoms with E-state index in [1.165, 1.54) is 10.7 Å². The molecule has 0 aliphatic heterocycles. The Labute approximate surface area is 157 Å². The predicted octanol–water partition coefficient (Wildman–Crippen LogP) is 3.04. The topological polar surface area (TPSA) is 84.2 Å². The van der Waals surface area contributed by atoms with E-state index in [0.29, 0.717) is 18.5 Å². The summed E-state index contributed by atoms with van der Waals surface area (Å²) in [5.41, 5.74) is 3.09. The highest BCUT2D eigenvalue weighted by atomic mass is 19.1. The number of amides is 1. The number of carboxylic acids is 1. The van der Waals surface area contributed by atoms with E-state index in [2.05, 4.69) is 10.4 Å². The Bertz CT molecular complexity index is 876. The first-order valence-electron chi connectivity index (χ1n) is 9.30. The van der Waals surface area contributed by atoms with Crippen LogP contribution >= 0.6 is 0 Å². The lowest BCUT2D eigenvalue weighted by Gasteiger charge is -2.12. The summed E-state index contributed by atoms with van der Waals surface area (Å²) in [4.78, 5) is 23.9. The minimum absolute atomic E-state index is 0.0581. The Balaban J connectivity index is 1.87. The molecule has 1 atom stereocenters. The molecule has 1 amide bonds. The highest BCUT2D eigenvalue weighted by Gasteiger charge is 2.28. The number of carbonyl (C=O) groups is 2. The van der Waals surface area contributed by atoms with E-state index in [4.69, 9.17) is 0 Å². The summed E-state index contributed by atoms with van der Waals surface area (Å²) in [6, 6.07) is 4.92. The Morgan fingerprint density at radius 1 is 1.37 bits per heavy atom. The number of benzene rings is 1. The van der Waals surface area contributed by atoms with Crippen LogP contribution in [0.1, 0.15) is 53.5 Å². The number of hydrogen-bond acceptors (Lipinski definition) is 3. The summed E-state index contributed by atoms with van der Waals surface area (Å²) >= 11 is 0. The molecule has 1 heterocycles. The first-order chi connectivity index (χ1) is 12.9. The number of aliphatic carboxylic acids is 1. The minimum Gasteiger partial charge on any atom is -0.481 e. The standard InChI is InChI=1S/C20H24FN3O3/c1-3-5-13(20(26)27)11-22-19(25)18-14-6-4-7-16(14)24(23-18)17-9-8-12(2)10-15(17)21/h8-10,13H,3-7,11H2,1-2H3,(H,22,25)(H,26,27). The zero-order valence-electron chi connectivity index (χ0n) is 15.6. The van der Waals surface area contributed by atoms with Crippen molar-refractivity contribution in [3.05, 3.63) is 46.5 Å². The molecule has 0 radical (unpaired) electrons. The summed E-state index contributed by atoms with van der Waals surface area (Å²) in [5.74, 6) is -2.33. The Morgan fingerprint density at radius 2 is 2.15 bits per heavy atom. The van der Waals surface area contributed by atoms with Gasteiger partial charge in [0.2, 0.25) is 0 Å². The fourth-order valence-corrected chi connectivity index (χ4v) is 3.56. The van der Waals surface area contributed by atoms with E-state index in [9.17, 15) is 19.1 Å². The Kier molecular flexibility index (Phi) is 5.58. The Hall–Kier alpha value is -2.70. The van der Waals surface area contributed by atoms with Gasteiger partial charge >= 0.3 is 5.97 Å². The van der Waals surface area contributed by atoms with Gasteiger partial charge in [0.15, 0.2) is 5.69 Å². The number of nitrogens with zero attached hydrogens (tertiary/aromatic N) is 2. The maximum absolute atomic E-state index is 14.4. The zero-order valence-corrected chi connectivity index (χ0v) is 15.6. The highest BCUT2D eigenvalue weighted by molar-refractivity contribution is 5.94. The van der Waals surface area contributed by atoms with E-state index < -0.39 is 17.8 Å². The van der Waals surface area contributed by atoms with Gasteiger partial charge in [0, 0.05) is 17.8 Å². The molecule has 6 nitrogen and oxygen atoms in total. The molecule has 1 aliphatic rings. The van der Waals surface area contributed by atoms with Crippen molar-refractivity contribution in [3.63, 3.8) is 0 Å². The number of halogens is 1. The smallest absolute Gasteiger partial charge is 0.308 e. The number of aromatic nitrogens is 2. The second-order valence-corrected chi connectivity index (χ2v) is 7.03. The fraction of sp³-hybridized carbons (Fsp3) is 0.450. The molecule has 0 fully saturated rings. The number of aryl methyl sites for hydroxylation is 1. The van der Waals surface area contributed by atoms with Crippen molar-refractivity contribution >= 4 is 11.9 Å². The SMILES string of the molecule is CCCC(CNC(=O)c1nn(-c2ccc(C)cc2F)c2c1CCC2)C(=O)O. The maximum atomic E-state index is 14.4. The number of fused-ring (bicyclic) bond motifs is 1. The molecule has 1 unspecified atom stereocenters. The first kappa shape index (κ1) is 19.1. The average molecular weight is 373 g/mol. The monoisotopic (exact) mass is 373 g/mol. The van der Waals surface area contributed by atoms with Crippen LogP contribution in [-0.4, -0.2) is 33.3 Å². The molecule has 144 valence electrons. The number of nitrogens with one attached hydrogen (secondary N) is 1. The van der Waals surface area contributed by atoms with Crippen molar-refractivity contribution in [2.24, 2.45) is 5.92 Å². The van der Waals surface area contributed by atoms with Crippen LogP contribution in [0.25, 0.3) is 5.69 Å². The van der Waals surface area contributed by atoms with Crippen molar-refractivity contribution < 1.29 is 19.1 Å². The quantitative estimate of drug-likeness (QED) is 0.781. The van der Waals surface area contributed by atoms with E-state index in [0.717, 1.165) is 36.1 Å². The molecule has 0 spiro atoms. The molecule has 1 aromatic heterocycles. The summed E-state index contributed by atoms with van der Waals surface area (Å²) in [7, 11) is 0. The summed E-state index contributed by atoms with van der Waals surface area (Å²) in [6.07, 6.45) is 3.55. The van der Waals surface area contributed by atoms with Crippen molar-refractivity contribution in [2.45, 2.75) is 46.0 Å². The summed E-state index contributed by atoms with van der Waals surface area (Å²) < 4.78 is 15.9. The molecule has 2 aromatic rings. The molecule has 0 saturated heterocycles. The summed E-state index contributed by atoms with van der Waals surface area (Å²) in [6.45, 7) is 3.78. The van der Waals surface area contributed by atoms with Crippen LogP contribution in [0.3, 0.4) is 0 Å². The van der Waals surface area contributed by atoms with Gasteiger partial charge in [-0.1, -0.05) is 19.4 Å². The van der Waals surface area contributed by atoms with Gasteiger partial charge in [0.05, 0.1) is 5.92 Å². The average Bonchev–Trinajstić information content (AvgIpc) is 3.21. The van der Waals surface area contributed by atoms with Gasteiger partial charge in [0.1, 0.15) is 11.5 Å². The van der Waals surface area contributed by atoms with Gasteiger partial charge in [-0.25, -0.2) is 9.07 Å². The lowest BCUT2D eigenvalue weighted by molar-refractivity contribution is -0.141. The van der Waals surface area contributed by atoms with Gasteiger partial charge in [-0.05, 0) is 50.3 Å². The molecule has 1 aliphatic carbocycles. The van der Waals surface area contributed by atoms with E-state index in [1.807, 2.05) is 19.9 Å². The van der Waals surface area contributed by atoms with Crippen LogP contribution < -0.4 is 5.32 Å². The van der Waals surface area contributed by atoms with Crippen molar-refractivity contribution in [1.82, 2.24) is 15.1 Å². The second-order valence-electron chi connectivity index (χ2n) is 7.03. The molecular weight excluding hydrogens is 349 g/mol. The van der Waals surface area contributed by atoms with Crippen LogP contribution in [0.4, 0.5) is 4.39 Å². The third-order valence-electron chi connectivity index (χ3n) is 4.97. The fourth-order valence-electron chi connectivity index (χ4n) is 3.56. The van der Waals surface area contributed by atoms with E-state index >= 15 is 0 Å². The molecular formula is C20H24FN3O3. The van der Waals surface area contributed by atoms with Gasteiger partial charge in [-0.3, -0.25) is 9.59 Å². The van der Waals surface area contributed by atoms with Crippen LogP contribution in [0.15, 0.2) is 18.2 Å². The molecule has 1 aromatic carbocycles. The molecule has 27 heavy (non-hydrogen) atoms. The maximum Gasteiger partial charge on any atom is 0.308 e. The highest BCUT2D eigenvalue weighted by Crippen LogP contribution is 2.29. The van der Waals surface area contributed by atoms with E-state index in [-0.39, 0.29) is 18.1 Å². The molecule has 0 bridgehead atoms. The predicted molar refractivity (Wildman–Crippen MR) is 98.7 cm³/mol. The lowest BCUT2D eigenvalue weighted by Crippen LogP contribution is -2.33. The van der Waals surface area contributed by atoms with Crippen LogP contribution in [-0.2, 0) is 17.6 Å². The third-order valence-corrected chi connectivity index (χ3v) is 4.97. The number of rotatable bonds is 7. The van der Waals surface area contributed by atoms with Crippen LogP contribution in [0.5, 0.6) is 0 Å². The third kappa shape index (κ3) is 3.86. The normalized spacial score (nSPS) is 14.0. The Morgan fingerprint density at radius 3 is 2.81 bits per heavy atom. The van der Waals surface area contributed by atoms with Crippen molar-refractivity contribution in [2.75, 3.05) is 6.54 Å². The molecule has 2 N–H and O–H groups in total. The molecule has 7 heteroatoms. The number of carboxylic acid groups (broad SMARTS) is 1. The van der Waals surface area contributed by atoms with Gasteiger partial charge in [-0.2, -0.15) is 5.10 Å². The van der Waals surface area contributed by atoms with Crippen molar-refractivity contribution in [3.8, 4) is 5.69 Å². The van der Waals surface area contributed by atoms with Gasteiger partial charge < -0.3 is 10.4 Å². The van der Waals surface area contributed by atoms with Crippen LogP contribution in [0.2, 0.25) is 0 Å². The lowest BCUT2D eigenvalue weighted by atomic mass is 10.0. The van der Waals surface area contributed by atoms with E-state index in [1.54, 1.807) is 6.07 Å².